The van der Waals surface area contributed by atoms with E-state index >= 15 is 0 Å². The Labute approximate surface area is 153 Å². The largest absolute Gasteiger partial charge is 0.416 e. The van der Waals surface area contributed by atoms with Crippen molar-refractivity contribution >= 4 is 5.91 Å². The Morgan fingerprint density at radius 1 is 1.15 bits per heavy atom. The first kappa shape index (κ1) is 19.2. The van der Waals surface area contributed by atoms with Crippen LogP contribution in [-0.2, 0) is 17.4 Å². The van der Waals surface area contributed by atoms with E-state index in [2.05, 4.69) is 4.90 Å². The van der Waals surface area contributed by atoms with Gasteiger partial charge >= 0.3 is 6.18 Å². The number of halogens is 3. The lowest BCUT2D eigenvalue weighted by Gasteiger charge is -2.42. The van der Waals surface area contributed by atoms with E-state index in [9.17, 15) is 18.0 Å². The molecule has 144 valence electrons. The summed E-state index contributed by atoms with van der Waals surface area (Å²) in [6.07, 6.45) is 2.44. The molecule has 1 aromatic rings. The van der Waals surface area contributed by atoms with Gasteiger partial charge in [0.25, 0.3) is 0 Å². The van der Waals surface area contributed by atoms with Crippen molar-refractivity contribution in [3.05, 3.63) is 35.4 Å². The van der Waals surface area contributed by atoms with Crippen molar-refractivity contribution < 1.29 is 18.0 Å². The van der Waals surface area contributed by atoms with Crippen molar-refractivity contribution in [1.82, 2.24) is 9.80 Å². The molecule has 1 amide bonds. The summed E-state index contributed by atoms with van der Waals surface area (Å²) < 4.78 is 38.6. The smallest absolute Gasteiger partial charge is 0.341 e. The summed E-state index contributed by atoms with van der Waals surface area (Å²) in [5.74, 6) is -0.0968. The van der Waals surface area contributed by atoms with Crippen LogP contribution < -0.4 is 0 Å². The van der Waals surface area contributed by atoms with Crippen LogP contribution in [0.15, 0.2) is 24.3 Å². The molecule has 0 bridgehead atoms. The number of alkyl halides is 3. The number of amides is 1. The zero-order chi connectivity index (χ0) is 18.7. The molecule has 3 nitrogen and oxygen atoms in total. The number of hydrogen-bond donors (Lipinski definition) is 0. The molecule has 2 unspecified atom stereocenters. The molecule has 0 spiro atoms. The summed E-state index contributed by atoms with van der Waals surface area (Å²) in [5, 5.41) is 0. The number of benzene rings is 1. The standard InChI is InChI=1S/C20H27F3N2O/c1-24(17-9-2-3-10-18(17)25-11-4-5-12-25)19(26)14-15-7-6-8-16(13-15)20(21,22)23/h6-8,13,17-18H,2-5,9-12,14H2,1H3. The minimum absolute atomic E-state index is 0.0175. The van der Waals surface area contributed by atoms with E-state index in [1.54, 1.807) is 11.0 Å². The summed E-state index contributed by atoms with van der Waals surface area (Å²) in [6.45, 7) is 2.19. The van der Waals surface area contributed by atoms with Crippen LogP contribution in [0, 0.1) is 0 Å². The maximum Gasteiger partial charge on any atom is 0.416 e. The van der Waals surface area contributed by atoms with Crippen LogP contribution in [0.4, 0.5) is 13.2 Å². The predicted molar refractivity (Wildman–Crippen MR) is 94.8 cm³/mol. The average Bonchev–Trinajstić information content (AvgIpc) is 3.15. The molecule has 1 saturated carbocycles. The molecule has 2 fully saturated rings. The Morgan fingerprint density at radius 2 is 1.85 bits per heavy atom. The van der Waals surface area contributed by atoms with E-state index in [0.717, 1.165) is 44.5 Å². The van der Waals surface area contributed by atoms with Gasteiger partial charge in [0.05, 0.1) is 12.0 Å². The fraction of sp³-hybridized carbons (Fsp3) is 0.650. The maximum absolute atomic E-state index is 12.9. The second kappa shape index (κ2) is 7.99. The van der Waals surface area contributed by atoms with Gasteiger partial charge in [0, 0.05) is 19.1 Å². The van der Waals surface area contributed by atoms with E-state index in [0.29, 0.717) is 11.6 Å². The average molecular weight is 368 g/mol. The molecule has 1 aliphatic carbocycles. The molecule has 2 atom stereocenters. The number of nitrogens with zero attached hydrogens (tertiary/aromatic N) is 2. The fourth-order valence-electron chi connectivity index (χ4n) is 4.38. The van der Waals surface area contributed by atoms with Gasteiger partial charge in [0.15, 0.2) is 0 Å². The Kier molecular flexibility index (Phi) is 5.90. The monoisotopic (exact) mass is 368 g/mol. The van der Waals surface area contributed by atoms with Gasteiger partial charge in [0.2, 0.25) is 5.91 Å². The molecule has 1 heterocycles. The zero-order valence-corrected chi connectivity index (χ0v) is 15.3. The van der Waals surface area contributed by atoms with Crippen LogP contribution in [0.25, 0.3) is 0 Å². The number of carbonyl (C=O) groups excluding carboxylic acids is 1. The van der Waals surface area contributed by atoms with Gasteiger partial charge in [0.1, 0.15) is 0 Å². The second-order valence-corrected chi connectivity index (χ2v) is 7.54. The van der Waals surface area contributed by atoms with E-state index < -0.39 is 11.7 Å². The van der Waals surface area contributed by atoms with E-state index in [1.165, 1.54) is 25.3 Å². The molecule has 1 saturated heterocycles. The summed E-state index contributed by atoms with van der Waals surface area (Å²) in [7, 11) is 1.81. The van der Waals surface area contributed by atoms with Crippen molar-refractivity contribution in [3.63, 3.8) is 0 Å². The van der Waals surface area contributed by atoms with Crippen LogP contribution in [0.5, 0.6) is 0 Å². The minimum atomic E-state index is -4.38. The molecular formula is C20H27F3N2O. The molecule has 6 heteroatoms. The number of hydrogen-bond acceptors (Lipinski definition) is 2. The molecule has 0 aromatic heterocycles. The van der Waals surface area contributed by atoms with Gasteiger partial charge < -0.3 is 4.90 Å². The highest BCUT2D eigenvalue weighted by molar-refractivity contribution is 5.79. The van der Waals surface area contributed by atoms with E-state index in [4.69, 9.17) is 0 Å². The van der Waals surface area contributed by atoms with Crippen molar-refractivity contribution in [3.8, 4) is 0 Å². The van der Waals surface area contributed by atoms with Crippen molar-refractivity contribution in [2.45, 2.75) is 63.2 Å². The highest BCUT2D eigenvalue weighted by Crippen LogP contribution is 2.31. The quantitative estimate of drug-likeness (QED) is 0.798. The van der Waals surface area contributed by atoms with Crippen LogP contribution >= 0.6 is 0 Å². The third-order valence-corrected chi connectivity index (χ3v) is 5.80. The number of likely N-dealkylation sites (tertiary alicyclic amines) is 1. The zero-order valence-electron chi connectivity index (χ0n) is 15.3. The van der Waals surface area contributed by atoms with Crippen molar-refractivity contribution in [2.24, 2.45) is 0 Å². The molecule has 26 heavy (non-hydrogen) atoms. The highest BCUT2D eigenvalue weighted by atomic mass is 19.4. The Hall–Kier alpha value is -1.56. The highest BCUT2D eigenvalue weighted by Gasteiger charge is 2.35. The van der Waals surface area contributed by atoms with Gasteiger partial charge in [-0.2, -0.15) is 13.2 Å². The lowest BCUT2D eigenvalue weighted by atomic mass is 9.88. The van der Waals surface area contributed by atoms with Crippen LogP contribution in [0.2, 0.25) is 0 Å². The third kappa shape index (κ3) is 4.40. The summed E-state index contributed by atoms with van der Waals surface area (Å²) in [6, 6.07) is 5.66. The van der Waals surface area contributed by atoms with Crippen LogP contribution in [0.1, 0.15) is 49.7 Å². The van der Waals surface area contributed by atoms with Crippen molar-refractivity contribution in [1.29, 1.82) is 0 Å². The lowest BCUT2D eigenvalue weighted by molar-refractivity contribution is -0.138. The topological polar surface area (TPSA) is 23.6 Å². The molecule has 1 aromatic carbocycles. The molecule has 1 aliphatic heterocycles. The number of rotatable bonds is 4. The first-order valence-corrected chi connectivity index (χ1v) is 9.52. The molecule has 0 N–H and O–H groups in total. The first-order valence-electron chi connectivity index (χ1n) is 9.52. The van der Waals surface area contributed by atoms with Gasteiger partial charge in [-0.05, 0) is 50.4 Å². The number of likely N-dealkylation sites (N-methyl/N-ethyl adjacent to an activating group) is 1. The summed E-state index contributed by atoms with van der Waals surface area (Å²) in [5.41, 5.74) is -0.275. The summed E-state index contributed by atoms with van der Waals surface area (Å²) >= 11 is 0. The molecule has 2 aliphatic rings. The molecule has 3 rings (SSSR count). The third-order valence-electron chi connectivity index (χ3n) is 5.80. The Balaban J connectivity index is 1.68. The number of carbonyl (C=O) groups is 1. The Bertz CT molecular complexity index is 626. The summed E-state index contributed by atoms with van der Waals surface area (Å²) in [4.78, 5) is 17.1. The lowest BCUT2D eigenvalue weighted by Crippen LogP contribution is -2.53. The molecule has 0 radical (unpaired) electrons. The van der Waals surface area contributed by atoms with Crippen LogP contribution in [0.3, 0.4) is 0 Å². The van der Waals surface area contributed by atoms with Crippen LogP contribution in [-0.4, -0.2) is 47.9 Å². The first-order chi connectivity index (χ1) is 12.4. The minimum Gasteiger partial charge on any atom is -0.341 e. The van der Waals surface area contributed by atoms with E-state index in [-0.39, 0.29) is 18.4 Å². The van der Waals surface area contributed by atoms with E-state index in [1.807, 2.05) is 7.05 Å². The SMILES string of the molecule is CN(C(=O)Cc1cccc(C(F)(F)F)c1)C1CCCCC1N1CCCC1. The van der Waals surface area contributed by atoms with Gasteiger partial charge in [-0.1, -0.05) is 31.0 Å². The predicted octanol–water partition coefficient (Wildman–Crippen LogP) is 4.11. The van der Waals surface area contributed by atoms with Crippen molar-refractivity contribution in [2.75, 3.05) is 20.1 Å². The van der Waals surface area contributed by atoms with Gasteiger partial charge in [-0.25, -0.2) is 0 Å². The molecular weight excluding hydrogens is 341 g/mol. The normalized spacial score (nSPS) is 24.6. The fourth-order valence-corrected chi connectivity index (χ4v) is 4.38. The van der Waals surface area contributed by atoms with Gasteiger partial charge in [-0.3, -0.25) is 9.69 Å². The van der Waals surface area contributed by atoms with Gasteiger partial charge in [-0.15, -0.1) is 0 Å². The second-order valence-electron chi connectivity index (χ2n) is 7.54. The maximum atomic E-state index is 12.9. The Morgan fingerprint density at radius 3 is 2.54 bits per heavy atom.